The first-order valence-corrected chi connectivity index (χ1v) is 8.97. The maximum atomic E-state index is 13.6. The maximum Gasteiger partial charge on any atom is 0.502 e. The summed E-state index contributed by atoms with van der Waals surface area (Å²) in [6.07, 6.45) is 2.18. The normalized spacial score (nSPS) is 14.0. The van der Waals surface area contributed by atoms with Crippen LogP contribution < -0.4 is 4.74 Å². The van der Waals surface area contributed by atoms with Gasteiger partial charge in [0.25, 0.3) is 9.84 Å². The average molecular weight is 385 g/mol. The molecule has 2 aromatic rings. The quantitative estimate of drug-likeness (QED) is 0.740. The van der Waals surface area contributed by atoms with Gasteiger partial charge >= 0.3 is 5.51 Å². The van der Waals surface area contributed by atoms with Crippen LogP contribution in [0, 0.1) is 17.1 Å². The van der Waals surface area contributed by atoms with E-state index in [-0.39, 0.29) is 11.8 Å². The van der Waals surface area contributed by atoms with Crippen molar-refractivity contribution in [1.82, 2.24) is 0 Å². The zero-order chi connectivity index (χ0) is 19.1. The minimum absolute atomic E-state index is 0.154. The van der Waals surface area contributed by atoms with Crippen LogP contribution in [0.3, 0.4) is 0 Å². The maximum absolute atomic E-state index is 13.6. The Kier molecular flexibility index (Phi) is 4.40. The molecule has 9 heteroatoms. The topological polar surface area (TPSA) is 67.2 Å². The summed E-state index contributed by atoms with van der Waals surface area (Å²) in [5, 5.41) is 9.13. The fourth-order valence-corrected chi connectivity index (χ4v) is 3.78. The van der Waals surface area contributed by atoms with Crippen LogP contribution in [0.25, 0.3) is 0 Å². The summed E-state index contributed by atoms with van der Waals surface area (Å²) < 4.78 is 81.7. The summed E-state index contributed by atoms with van der Waals surface area (Å²) in [6, 6.07) is 7.26. The lowest BCUT2D eigenvalue weighted by atomic mass is 10.1. The predicted octanol–water partition coefficient (Wildman–Crippen LogP) is 4.27. The van der Waals surface area contributed by atoms with E-state index in [0.717, 1.165) is 24.0 Å². The number of sulfone groups is 1. The molecule has 0 heterocycles. The molecule has 0 atom stereocenters. The Morgan fingerprint density at radius 1 is 1.15 bits per heavy atom. The molecule has 2 aromatic carbocycles. The first kappa shape index (κ1) is 18.2. The van der Waals surface area contributed by atoms with Crippen LogP contribution in [0.4, 0.5) is 17.6 Å². The van der Waals surface area contributed by atoms with Crippen molar-refractivity contribution in [3.63, 3.8) is 0 Å². The summed E-state index contributed by atoms with van der Waals surface area (Å²) in [5.74, 6) is -1.96. The van der Waals surface area contributed by atoms with Crippen LogP contribution in [-0.2, 0) is 22.7 Å². The molecule has 0 unspecified atom stereocenters. The lowest BCUT2D eigenvalue weighted by molar-refractivity contribution is -0.0437. The van der Waals surface area contributed by atoms with Crippen molar-refractivity contribution in [2.24, 2.45) is 0 Å². The minimum Gasteiger partial charge on any atom is -0.454 e. The number of hydrogen-bond acceptors (Lipinski definition) is 4. The minimum atomic E-state index is -5.91. The second-order valence-electron chi connectivity index (χ2n) is 5.69. The molecule has 0 N–H and O–H groups in total. The third-order valence-corrected chi connectivity index (χ3v) is 5.54. The van der Waals surface area contributed by atoms with Gasteiger partial charge in [-0.15, -0.1) is 0 Å². The predicted molar refractivity (Wildman–Crippen MR) is 82.9 cm³/mol. The van der Waals surface area contributed by atoms with Gasteiger partial charge in [-0.2, -0.15) is 18.4 Å². The number of halogens is 4. The largest absolute Gasteiger partial charge is 0.502 e. The van der Waals surface area contributed by atoms with Gasteiger partial charge in [0.15, 0.2) is 5.75 Å². The zero-order valence-electron chi connectivity index (χ0n) is 13.1. The van der Waals surface area contributed by atoms with Crippen LogP contribution in [0.2, 0.25) is 0 Å². The highest BCUT2D eigenvalue weighted by Gasteiger charge is 2.49. The molecule has 0 amide bonds. The van der Waals surface area contributed by atoms with E-state index < -0.39 is 37.4 Å². The molecular formula is C17H11F4NO3S. The van der Waals surface area contributed by atoms with Crippen LogP contribution in [0.15, 0.2) is 35.2 Å². The molecule has 136 valence electrons. The van der Waals surface area contributed by atoms with E-state index in [1.54, 1.807) is 6.07 Å². The Balaban J connectivity index is 2.22. The van der Waals surface area contributed by atoms with Crippen molar-refractivity contribution in [3.8, 4) is 17.6 Å². The number of ether oxygens (including phenoxy) is 1. The number of aryl methyl sites for hydroxylation is 1. The van der Waals surface area contributed by atoms with E-state index in [0.29, 0.717) is 12.5 Å². The second-order valence-corrected chi connectivity index (χ2v) is 7.60. The molecule has 3 rings (SSSR count). The van der Waals surface area contributed by atoms with Crippen molar-refractivity contribution >= 4 is 9.84 Å². The SMILES string of the molecule is N#Cc1cc(F)cc(S(=O)(=O)C(F)(F)F)c1Oc1cccc2c1CCC2. The molecule has 0 bridgehead atoms. The van der Waals surface area contributed by atoms with E-state index in [4.69, 9.17) is 10.00 Å². The van der Waals surface area contributed by atoms with Crippen molar-refractivity contribution in [2.75, 3.05) is 0 Å². The van der Waals surface area contributed by atoms with Gasteiger partial charge in [0.05, 0.1) is 5.56 Å². The van der Waals surface area contributed by atoms with E-state index in [1.165, 1.54) is 12.1 Å². The number of nitriles is 1. The van der Waals surface area contributed by atoms with Gasteiger partial charge in [0, 0.05) is 0 Å². The highest BCUT2D eigenvalue weighted by Crippen LogP contribution is 2.41. The van der Waals surface area contributed by atoms with Crippen molar-refractivity contribution in [3.05, 3.63) is 52.8 Å². The average Bonchev–Trinajstić information content (AvgIpc) is 3.04. The molecule has 0 saturated carbocycles. The summed E-state index contributed by atoms with van der Waals surface area (Å²) >= 11 is 0. The number of alkyl halides is 3. The van der Waals surface area contributed by atoms with E-state index in [9.17, 15) is 26.0 Å². The standard InChI is InChI=1S/C17H11F4NO3S/c18-12-7-11(9-22)16(15(8-12)26(23,24)17(19,20)21)25-14-6-2-4-10-3-1-5-13(10)14/h2,4,6-8H,1,3,5H2. The van der Waals surface area contributed by atoms with Gasteiger partial charge in [0.2, 0.25) is 0 Å². The van der Waals surface area contributed by atoms with Crippen molar-refractivity contribution in [2.45, 2.75) is 29.7 Å². The van der Waals surface area contributed by atoms with Crippen LogP contribution >= 0.6 is 0 Å². The number of fused-ring (bicyclic) bond motifs is 1. The number of benzene rings is 2. The van der Waals surface area contributed by atoms with Crippen LogP contribution in [-0.4, -0.2) is 13.9 Å². The lowest BCUT2D eigenvalue weighted by Gasteiger charge is -2.16. The highest BCUT2D eigenvalue weighted by atomic mass is 32.2. The Labute approximate surface area is 146 Å². The number of nitrogens with zero attached hydrogens (tertiary/aromatic N) is 1. The molecule has 0 aromatic heterocycles. The van der Waals surface area contributed by atoms with E-state index in [1.807, 2.05) is 6.07 Å². The first-order valence-electron chi connectivity index (χ1n) is 7.49. The second kappa shape index (κ2) is 6.29. The smallest absolute Gasteiger partial charge is 0.454 e. The fraction of sp³-hybridized carbons (Fsp3) is 0.235. The molecule has 26 heavy (non-hydrogen) atoms. The van der Waals surface area contributed by atoms with E-state index in [2.05, 4.69) is 0 Å². The summed E-state index contributed by atoms with van der Waals surface area (Å²) in [6.45, 7) is 0. The number of rotatable bonds is 3. The Morgan fingerprint density at radius 3 is 2.54 bits per heavy atom. The monoisotopic (exact) mass is 385 g/mol. The molecule has 1 aliphatic rings. The summed E-state index contributed by atoms with van der Waals surface area (Å²) in [7, 11) is -5.91. The summed E-state index contributed by atoms with van der Waals surface area (Å²) in [4.78, 5) is -1.42. The van der Waals surface area contributed by atoms with Crippen LogP contribution in [0.1, 0.15) is 23.1 Å². The molecule has 0 saturated heterocycles. The van der Waals surface area contributed by atoms with Gasteiger partial charge in [-0.25, -0.2) is 12.8 Å². The lowest BCUT2D eigenvalue weighted by Crippen LogP contribution is -2.24. The molecule has 0 spiro atoms. The first-order chi connectivity index (χ1) is 12.1. The Morgan fingerprint density at radius 2 is 1.88 bits per heavy atom. The molecule has 0 radical (unpaired) electrons. The number of hydrogen-bond donors (Lipinski definition) is 0. The van der Waals surface area contributed by atoms with Gasteiger partial charge in [0.1, 0.15) is 22.5 Å². The van der Waals surface area contributed by atoms with Crippen molar-refractivity contribution < 1.29 is 30.7 Å². The summed E-state index contributed by atoms with van der Waals surface area (Å²) in [5.41, 5.74) is -4.63. The van der Waals surface area contributed by atoms with Gasteiger partial charge in [-0.3, -0.25) is 0 Å². The Hall–Kier alpha value is -2.60. The molecule has 1 aliphatic carbocycles. The third-order valence-electron chi connectivity index (χ3n) is 4.05. The Bertz CT molecular complexity index is 1020. The molecule has 0 aliphatic heterocycles. The van der Waals surface area contributed by atoms with Gasteiger partial charge in [-0.1, -0.05) is 12.1 Å². The van der Waals surface area contributed by atoms with E-state index >= 15 is 0 Å². The third kappa shape index (κ3) is 3.01. The zero-order valence-corrected chi connectivity index (χ0v) is 13.9. The van der Waals surface area contributed by atoms with Crippen LogP contribution in [0.5, 0.6) is 11.5 Å². The fourth-order valence-electron chi connectivity index (χ4n) is 2.87. The molecular weight excluding hydrogens is 374 g/mol. The molecule has 4 nitrogen and oxygen atoms in total. The van der Waals surface area contributed by atoms with Gasteiger partial charge < -0.3 is 4.74 Å². The van der Waals surface area contributed by atoms with Gasteiger partial charge in [-0.05, 0) is 48.6 Å². The highest BCUT2D eigenvalue weighted by molar-refractivity contribution is 7.92. The molecule has 0 fully saturated rings. The van der Waals surface area contributed by atoms with Crippen molar-refractivity contribution in [1.29, 1.82) is 5.26 Å².